The van der Waals surface area contributed by atoms with Crippen LogP contribution >= 0.6 is 45.8 Å². The summed E-state index contributed by atoms with van der Waals surface area (Å²) in [6.45, 7) is 6.56. The Morgan fingerprint density at radius 1 is 1.11 bits per heavy atom. The van der Waals surface area contributed by atoms with Gasteiger partial charge in [-0.15, -0.1) is 0 Å². The minimum atomic E-state index is -0.538. The van der Waals surface area contributed by atoms with Gasteiger partial charge < -0.3 is 19.5 Å². The van der Waals surface area contributed by atoms with Crippen molar-refractivity contribution < 1.29 is 19.0 Å². The second-order valence-electron chi connectivity index (χ2n) is 7.54. The maximum atomic E-state index is 12.8. The lowest BCUT2D eigenvalue weighted by atomic mass is 10.1. The number of halogens is 3. The van der Waals surface area contributed by atoms with Crippen molar-refractivity contribution in [3.63, 3.8) is 0 Å². The molecule has 37 heavy (non-hydrogen) atoms. The molecule has 0 aliphatic rings. The Balaban J connectivity index is 1.70. The predicted octanol–water partition coefficient (Wildman–Crippen LogP) is 7.69. The van der Waals surface area contributed by atoms with Crippen molar-refractivity contribution in [2.75, 3.05) is 18.5 Å². The molecule has 1 N–H and O–H groups in total. The SMILES string of the molecule is C=CCOc1c(I)cc(/C=C(\C#N)C(=O)Nc2ccc(OCc3ccc(Cl)cc3Cl)cc2)cc1OCC. The highest BCUT2D eigenvalue weighted by Crippen LogP contribution is 2.35. The molecule has 0 atom stereocenters. The lowest BCUT2D eigenvalue weighted by Crippen LogP contribution is -2.13. The van der Waals surface area contributed by atoms with E-state index < -0.39 is 5.91 Å². The number of rotatable bonds is 11. The number of nitriles is 1. The Morgan fingerprint density at radius 3 is 2.51 bits per heavy atom. The van der Waals surface area contributed by atoms with Gasteiger partial charge in [-0.3, -0.25) is 4.79 Å². The van der Waals surface area contributed by atoms with Crippen LogP contribution in [0.25, 0.3) is 6.08 Å². The molecule has 0 spiro atoms. The molecule has 190 valence electrons. The number of nitrogens with one attached hydrogen (secondary N) is 1. The minimum absolute atomic E-state index is 0.0595. The molecule has 0 heterocycles. The van der Waals surface area contributed by atoms with Gasteiger partial charge in [-0.05, 0) is 89.7 Å². The van der Waals surface area contributed by atoms with Crippen LogP contribution in [-0.4, -0.2) is 19.1 Å². The Labute approximate surface area is 239 Å². The fraction of sp³-hybridized carbons (Fsp3) is 0.143. The van der Waals surface area contributed by atoms with Gasteiger partial charge in [-0.1, -0.05) is 41.9 Å². The lowest BCUT2D eigenvalue weighted by Gasteiger charge is -2.14. The molecule has 0 aliphatic heterocycles. The summed E-state index contributed by atoms with van der Waals surface area (Å²) in [4.78, 5) is 12.8. The molecule has 0 bridgehead atoms. The molecular weight excluding hydrogens is 626 g/mol. The lowest BCUT2D eigenvalue weighted by molar-refractivity contribution is -0.112. The highest BCUT2D eigenvalue weighted by atomic mass is 127. The van der Waals surface area contributed by atoms with Crippen LogP contribution in [0.1, 0.15) is 18.1 Å². The smallest absolute Gasteiger partial charge is 0.266 e. The number of ether oxygens (including phenoxy) is 3. The molecule has 1 amide bonds. The molecule has 0 saturated carbocycles. The summed E-state index contributed by atoms with van der Waals surface area (Å²) in [5.41, 5.74) is 1.89. The molecule has 3 rings (SSSR count). The molecule has 0 radical (unpaired) electrons. The first-order valence-electron chi connectivity index (χ1n) is 11.1. The highest BCUT2D eigenvalue weighted by Gasteiger charge is 2.14. The van der Waals surface area contributed by atoms with Crippen molar-refractivity contribution in [3.05, 3.63) is 97.6 Å². The fourth-order valence-corrected chi connectivity index (χ4v) is 4.41. The average Bonchev–Trinajstić information content (AvgIpc) is 2.87. The van der Waals surface area contributed by atoms with E-state index >= 15 is 0 Å². The van der Waals surface area contributed by atoms with E-state index in [0.717, 1.165) is 9.13 Å². The van der Waals surface area contributed by atoms with E-state index in [1.165, 1.54) is 6.08 Å². The van der Waals surface area contributed by atoms with E-state index in [9.17, 15) is 10.1 Å². The van der Waals surface area contributed by atoms with Crippen LogP contribution in [-0.2, 0) is 11.4 Å². The molecular formula is C28H23Cl2IN2O4. The molecule has 3 aromatic rings. The highest BCUT2D eigenvalue weighted by molar-refractivity contribution is 14.1. The van der Waals surface area contributed by atoms with Crippen LogP contribution in [0.4, 0.5) is 5.69 Å². The van der Waals surface area contributed by atoms with Crippen molar-refractivity contribution in [1.82, 2.24) is 0 Å². The van der Waals surface area contributed by atoms with E-state index in [2.05, 4.69) is 34.5 Å². The molecule has 0 saturated heterocycles. The van der Waals surface area contributed by atoms with E-state index in [0.29, 0.717) is 51.8 Å². The van der Waals surface area contributed by atoms with Crippen LogP contribution in [0.5, 0.6) is 17.2 Å². The maximum Gasteiger partial charge on any atom is 0.266 e. The summed E-state index contributed by atoms with van der Waals surface area (Å²) in [5.74, 6) is 1.17. The van der Waals surface area contributed by atoms with Crippen molar-refractivity contribution in [3.8, 4) is 23.3 Å². The fourth-order valence-electron chi connectivity index (χ4n) is 3.16. The van der Waals surface area contributed by atoms with Gasteiger partial charge in [-0.25, -0.2) is 0 Å². The van der Waals surface area contributed by atoms with Crippen LogP contribution in [0.3, 0.4) is 0 Å². The van der Waals surface area contributed by atoms with E-state index in [1.54, 1.807) is 54.6 Å². The van der Waals surface area contributed by atoms with E-state index in [4.69, 9.17) is 37.4 Å². The molecule has 0 unspecified atom stereocenters. The van der Waals surface area contributed by atoms with Gasteiger partial charge in [0.2, 0.25) is 0 Å². The number of benzene rings is 3. The summed E-state index contributed by atoms with van der Waals surface area (Å²) >= 11 is 14.2. The Bertz CT molecular complexity index is 1350. The Kier molecular flexibility index (Phi) is 10.7. The average molecular weight is 649 g/mol. The third-order valence-electron chi connectivity index (χ3n) is 4.87. The maximum absolute atomic E-state index is 12.8. The summed E-state index contributed by atoms with van der Waals surface area (Å²) in [7, 11) is 0. The third kappa shape index (κ3) is 8.15. The van der Waals surface area contributed by atoms with Gasteiger partial charge in [0.1, 0.15) is 30.6 Å². The summed E-state index contributed by atoms with van der Waals surface area (Å²) in [5, 5.41) is 13.4. The zero-order valence-corrected chi connectivity index (χ0v) is 23.6. The van der Waals surface area contributed by atoms with Crippen LogP contribution in [0, 0.1) is 14.9 Å². The Morgan fingerprint density at radius 2 is 1.86 bits per heavy atom. The van der Waals surface area contributed by atoms with Crippen LogP contribution in [0.15, 0.2) is 72.8 Å². The van der Waals surface area contributed by atoms with Gasteiger partial charge in [0, 0.05) is 21.3 Å². The first-order chi connectivity index (χ1) is 17.8. The molecule has 0 aromatic heterocycles. The monoisotopic (exact) mass is 648 g/mol. The van der Waals surface area contributed by atoms with Crippen molar-refractivity contribution in [2.45, 2.75) is 13.5 Å². The van der Waals surface area contributed by atoms with Gasteiger partial charge in [0.05, 0.1) is 10.2 Å². The van der Waals surface area contributed by atoms with Crippen LogP contribution in [0.2, 0.25) is 10.0 Å². The molecule has 9 heteroatoms. The first-order valence-corrected chi connectivity index (χ1v) is 13.0. The predicted molar refractivity (Wildman–Crippen MR) is 155 cm³/mol. The van der Waals surface area contributed by atoms with E-state index in [-0.39, 0.29) is 12.2 Å². The second-order valence-corrected chi connectivity index (χ2v) is 9.54. The molecule has 0 fully saturated rings. The van der Waals surface area contributed by atoms with Crippen molar-refractivity contribution in [1.29, 1.82) is 5.26 Å². The van der Waals surface area contributed by atoms with Gasteiger partial charge in [-0.2, -0.15) is 5.26 Å². The Hall–Kier alpha value is -3.19. The van der Waals surface area contributed by atoms with E-state index in [1.807, 2.05) is 19.1 Å². The number of amides is 1. The third-order valence-corrected chi connectivity index (χ3v) is 6.26. The topological polar surface area (TPSA) is 80.6 Å². The van der Waals surface area contributed by atoms with Crippen LogP contribution < -0.4 is 19.5 Å². The van der Waals surface area contributed by atoms with Crippen molar-refractivity contribution >= 4 is 63.5 Å². The zero-order valence-electron chi connectivity index (χ0n) is 19.9. The molecule has 6 nitrogen and oxygen atoms in total. The minimum Gasteiger partial charge on any atom is -0.490 e. The normalized spacial score (nSPS) is 10.8. The number of carbonyl (C=O) groups excluding carboxylic acids is 1. The van der Waals surface area contributed by atoms with Gasteiger partial charge in [0.15, 0.2) is 11.5 Å². The number of anilines is 1. The summed E-state index contributed by atoms with van der Waals surface area (Å²) in [6, 6.07) is 17.5. The zero-order chi connectivity index (χ0) is 26.8. The van der Waals surface area contributed by atoms with Gasteiger partial charge >= 0.3 is 0 Å². The first kappa shape index (κ1) is 28.4. The number of carbonyl (C=O) groups is 1. The number of hydrogen-bond acceptors (Lipinski definition) is 5. The van der Waals surface area contributed by atoms with Gasteiger partial charge in [0.25, 0.3) is 5.91 Å². The summed E-state index contributed by atoms with van der Waals surface area (Å²) < 4.78 is 18.0. The largest absolute Gasteiger partial charge is 0.490 e. The molecule has 0 aliphatic carbocycles. The molecule has 3 aromatic carbocycles. The standard InChI is InChI=1S/C28H23Cl2IN2O4/c1-3-11-36-27-25(31)13-18(14-26(27)35-4-2)12-20(16-32)28(34)33-22-7-9-23(10-8-22)37-17-19-5-6-21(29)15-24(19)30/h3,5-10,12-15H,1,4,11,17H2,2H3,(H,33,34)/b20-12+. The second kappa shape index (κ2) is 13.9. The summed E-state index contributed by atoms with van der Waals surface area (Å²) in [6.07, 6.45) is 3.15. The number of hydrogen-bond donors (Lipinski definition) is 1. The number of nitrogens with zero attached hydrogens (tertiary/aromatic N) is 1. The quantitative estimate of drug-likeness (QED) is 0.0998. The van der Waals surface area contributed by atoms with Crippen molar-refractivity contribution in [2.24, 2.45) is 0 Å².